The van der Waals surface area contributed by atoms with Crippen LogP contribution in [0.2, 0.25) is 0 Å². The van der Waals surface area contributed by atoms with E-state index in [1.807, 2.05) is 30.3 Å². The van der Waals surface area contributed by atoms with Crippen molar-refractivity contribution in [1.29, 1.82) is 0 Å². The van der Waals surface area contributed by atoms with E-state index in [-0.39, 0.29) is 5.97 Å². The number of esters is 1. The summed E-state index contributed by atoms with van der Waals surface area (Å²) in [7, 11) is 0. The molecule has 0 bridgehead atoms. The first-order valence-corrected chi connectivity index (χ1v) is 11.6. The zero-order valence-electron chi connectivity index (χ0n) is 19.0. The summed E-state index contributed by atoms with van der Waals surface area (Å²) in [6, 6.07) is 7.77. The molecule has 0 fully saturated rings. The van der Waals surface area contributed by atoms with Crippen LogP contribution in [0.1, 0.15) is 78.1 Å². The van der Waals surface area contributed by atoms with Crippen molar-refractivity contribution in [2.75, 3.05) is 6.61 Å². The molecule has 1 aromatic heterocycles. The molecule has 5 heteroatoms. The van der Waals surface area contributed by atoms with E-state index in [0.29, 0.717) is 24.4 Å². The highest BCUT2D eigenvalue weighted by Crippen LogP contribution is 2.21. The van der Waals surface area contributed by atoms with Crippen LogP contribution >= 0.6 is 0 Å². The largest absolute Gasteiger partial charge is 0.494 e. The molecular weight excluding hydrogens is 388 g/mol. The topological polar surface area (TPSA) is 61.3 Å². The molecule has 0 saturated heterocycles. The number of nitrogens with zero attached hydrogens (tertiary/aromatic N) is 2. The van der Waals surface area contributed by atoms with Crippen LogP contribution in [0.25, 0.3) is 11.4 Å². The zero-order chi connectivity index (χ0) is 22.2. The van der Waals surface area contributed by atoms with Crippen LogP contribution in [0, 0.1) is 0 Å². The van der Waals surface area contributed by atoms with Crippen molar-refractivity contribution in [2.45, 2.75) is 78.1 Å². The van der Waals surface area contributed by atoms with Gasteiger partial charge in [-0.3, -0.25) is 4.79 Å². The number of unbranched alkanes of at least 4 members (excludes halogenated alkanes) is 6. The van der Waals surface area contributed by atoms with Crippen LogP contribution in [0.5, 0.6) is 11.5 Å². The van der Waals surface area contributed by atoms with Gasteiger partial charge in [0.05, 0.1) is 19.0 Å². The summed E-state index contributed by atoms with van der Waals surface area (Å²) < 4.78 is 11.1. The molecule has 0 amide bonds. The Labute approximate surface area is 186 Å². The Balaban J connectivity index is 1.73. The van der Waals surface area contributed by atoms with Gasteiger partial charge in [-0.2, -0.15) is 0 Å². The maximum absolute atomic E-state index is 11.9. The van der Waals surface area contributed by atoms with Gasteiger partial charge in [-0.1, -0.05) is 64.5 Å². The normalized spacial score (nSPS) is 11.0. The summed E-state index contributed by atoms with van der Waals surface area (Å²) >= 11 is 0. The highest BCUT2D eigenvalue weighted by molar-refractivity contribution is 5.72. The molecule has 2 aromatic rings. The van der Waals surface area contributed by atoms with Crippen LogP contribution in [0.15, 0.2) is 48.8 Å². The van der Waals surface area contributed by atoms with Gasteiger partial charge < -0.3 is 9.47 Å². The van der Waals surface area contributed by atoms with E-state index in [9.17, 15) is 4.79 Å². The second kappa shape index (κ2) is 15.2. The van der Waals surface area contributed by atoms with Gasteiger partial charge in [0, 0.05) is 12.0 Å². The number of carbonyl (C=O) groups excluding carboxylic acids is 1. The van der Waals surface area contributed by atoms with Gasteiger partial charge in [0.1, 0.15) is 5.75 Å². The molecule has 0 aliphatic heterocycles. The highest BCUT2D eigenvalue weighted by atomic mass is 16.5. The predicted octanol–water partition coefficient (Wildman–Crippen LogP) is 6.92. The molecule has 0 spiro atoms. The van der Waals surface area contributed by atoms with Crippen LogP contribution in [-0.2, 0) is 4.79 Å². The average Bonchev–Trinajstić information content (AvgIpc) is 2.79. The molecule has 0 atom stereocenters. The number of rotatable bonds is 15. The Morgan fingerprint density at radius 1 is 0.839 bits per heavy atom. The van der Waals surface area contributed by atoms with Gasteiger partial charge in [-0.05, 0) is 43.5 Å². The van der Waals surface area contributed by atoms with E-state index in [1.165, 1.54) is 44.5 Å². The van der Waals surface area contributed by atoms with Crippen LogP contribution in [0.3, 0.4) is 0 Å². The lowest BCUT2D eigenvalue weighted by atomic mass is 10.1. The lowest BCUT2D eigenvalue weighted by molar-refractivity contribution is -0.134. The van der Waals surface area contributed by atoms with Crippen LogP contribution in [-0.4, -0.2) is 22.5 Å². The van der Waals surface area contributed by atoms with Gasteiger partial charge in [0.25, 0.3) is 0 Å². The lowest BCUT2D eigenvalue weighted by Gasteiger charge is -2.07. The number of carbonyl (C=O) groups is 1. The maximum atomic E-state index is 11.9. The first kappa shape index (κ1) is 24.6. The number of benzene rings is 1. The van der Waals surface area contributed by atoms with E-state index in [1.54, 1.807) is 0 Å². The summed E-state index contributed by atoms with van der Waals surface area (Å²) in [5, 5.41) is 0. The highest BCUT2D eigenvalue weighted by Gasteiger charge is 2.07. The molecule has 1 heterocycles. The fraction of sp³-hybridized carbons (Fsp3) is 0.500. The van der Waals surface area contributed by atoms with E-state index in [0.717, 1.165) is 37.2 Å². The van der Waals surface area contributed by atoms with E-state index < -0.39 is 0 Å². The Kier molecular flexibility index (Phi) is 12.0. The number of aromatic nitrogens is 2. The number of ether oxygens (including phenoxy) is 2. The Hall–Kier alpha value is -2.69. The summed E-state index contributed by atoms with van der Waals surface area (Å²) in [5.74, 6) is 1.54. The monoisotopic (exact) mass is 424 g/mol. The third-order valence-electron chi connectivity index (χ3n) is 4.88. The minimum absolute atomic E-state index is 0.274. The lowest BCUT2D eigenvalue weighted by Crippen LogP contribution is -2.07. The fourth-order valence-corrected chi connectivity index (χ4v) is 3.08. The third-order valence-corrected chi connectivity index (χ3v) is 4.88. The van der Waals surface area contributed by atoms with Gasteiger partial charge in [-0.25, -0.2) is 9.97 Å². The molecule has 5 nitrogen and oxygen atoms in total. The SMILES string of the molecule is CCCC=CCCC(=O)Oc1cnc(-c2ccc(OCCCCCCCC)cc2)nc1. The van der Waals surface area contributed by atoms with Gasteiger partial charge in [0.15, 0.2) is 11.6 Å². The smallest absolute Gasteiger partial charge is 0.311 e. The number of hydrogen-bond acceptors (Lipinski definition) is 5. The third kappa shape index (κ3) is 10.3. The maximum Gasteiger partial charge on any atom is 0.311 e. The molecule has 0 radical (unpaired) electrons. The standard InChI is InChI=1S/C26H36N2O3/c1-3-5-7-9-11-13-19-30-23-17-15-22(16-18-23)26-27-20-24(21-28-26)31-25(29)14-12-10-8-6-4-2/h8,10,15-18,20-21H,3-7,9,11-14,19H2,1-2H3. The first-order chi connectivity index (χ1) is 15.2. The summed E-state index contributed by atoms with van der Waals surface area (Å²) in [6.07, 6.45) is 17.9. The second-order valence-corrected chi connectivity index (χ2v) is 7.66. The van der Waals surface area contributed by atoms with Crippen LogP contribution in [0.4, 0.5) is 0 Å². The van der Waals surface area contributed by atoms with Crippen molar-refractivity contribution in [2.24, 2.45) is 0 Å². The van der Waals surface area contributed by atoms with Crippen molar-refractivity contribution in [3.8, 4) is 22.9 Å². The molecule has 1 aromatic carbocycles. The van der Waals surface area contributed by atoms with E-state index >= 15 is 0 Å². The van der Waals surface area contributed by atoms with Gasteiger partial charge >= 0.3 is 5.97 Å². The minimum atomic E-state index is -0.274. The van der Waals surface area contributed by atoms with Gasteiger partial charge in [-0.15, -0.1) is 0 Å². The fourth-order valence-electron chi connectivity index (χ4n) is 3.08. The van der Waals surface area contributed by atoms with Crippen molar-refractivity contribution in [1.82, 2.24) is 9.97 Å². The number of allylic oxidation sites excluding steroid dienone is 2. The Morgan fingerprint density at radius 2 is 1.52 bits per heavy atom. The molecular formula is C26H36N2O3. The quantitative estimate of drug-likeness (QED) is 0.176. The molecule has 0 saturated carbocycles. The molecule has 0 unspecified atom stereocenters. The minimum Gasteiger partial charge on any atom is -0.494 e. The van der Waals surface area contributed by atoms with Crippen molar-refractivity contribution < 1.29 is 14.3 Å². The Morgan fingerprint density at radius 3 is 2.23 bits per heavy atom. The van der Waals surface area contributed by atoms with Crippen molar-refractivity contribution in [3.63, 3.8) is 0 Å². The Bertz CT molecular complexity index is 770. The molecule has 0 aliphatic carbocycles. The summed E-state index contributed by atoms with van der Waals surface area (Å²) in [6.45, 7) is 5.11. The molecule has 168 valence electrons. The van der Waals surface area contributed by atoms with Crippen LogP contribution < -0.4 is 9.47 Å². The first-order valence-electron chi connectivity index (χ1n) is 11.6. The molecule has 2 rings (SSSR count). The molecule has 0 N–H and O–H groups in total. The number of hydrogen-bond donors (Lipinski definition) is 0. The van der Waals surface area contributed by atoms with Crippen molar-refractivity contribution >= 4 is 5.97 Å². The summed E-state index contributed by atoms with van der Waals surface area (Å²) in [4.78, 5) is 20.5. The zero-order valence-corrected chi connectivity index (χ0v) is 19.0. The molecule has 31 heavy (non-hydrogen) atoms. The predicted molar refractivity (Wildman–Crippen MR) is 125 cm³/mol. The van der Waals surface area contributed by atoms with Gasteiger partial charge in [0.2, 0.25) is 0 Å². The second-order valence-electron chi connectivity index (χ2n) is 7.66. The van der Waals surface area contributed by atoms with Crippen molar-refractivity contribution in [3.05, 3.63) is 48.8 Å². The van der Waals surface area contributed by atoms with E-state index in [2.05, 4.69) is 29.9 Å². The average molecular weight is 425 g/mol. The van der Waals surface area contributed by atoms with E-state index in [4.69, 9.17) is 9.47 Å². The summed E-state index contributed by atoms with van der Waals surface area (Å²) in [5.41, 5.74) is 0.894. The molecule has 0 aliphatic rings.